The molecule has 31 heavy (non-hydrogen) atoms. The number of carbonyl (C=O) groups is 1. The van der Waals surface area contributed by atoms with Gasteiger partial charge in [-0.05, 0) is 41.3 Å². The molecule has 9 nitrogen and oxygen atoms in total. The summed E-state index contributed by atoms with van der Waals surface area (Å²) in [6.07, 6.45) is 1.42. The van der Waals surface area contributed by atoms with Crippen LogP contribution in [0.3, 0.4) is 0 Å². The first kappa shape index (κ1) is 20.1. The second-order valence-corrected chi connectivity index (χ2v) is 7.32. The van der Waals surface area contributed by atoms with Crippen molar-refractivity contribution in [3.8, 4) is 11.4 Å². The molecule has 0 aliphatic heterocycles. The van der Waals surface area contributed by atoms with Crippen molar-refractivity contribution >= 4 is 45.2 Å². The highest BCUT2D eigenvalue weighted by Gasteiger charge is 2.11. The van der Waals surface area contributed by atoms with Crippen LogP contribution in [0.4, 0.5) is 11.5 Å². The standard InChI is InChI=1S/C21H16N6O3S/c1-22-20-18-17(10-11-31-18)24-19(25-20)14-4-6-15(7-5-14)21(28)26-23-12-13-2-8-16(9-3-13)27(29)30/h2-12H,1H3,(H,26,28)(H,22,24,25). The number of benzene rings is 2. The van der Waals surface area contributed by atoms with Crippen molar-refractivity contribution in [1.82, 2.24) is 15.4 Å². The van der Waals surface area contributed by atoms with Gasteiger partial charge in [-0.3, -0.25) is 14.9 Å². The van der Waals surface area contributed by atoms with E-state index in [0.29, 0.717) is 17.0 Å². The highest BCUT2D eigenvalue weighted by Crippen LogP contribution is 2.28. The number of thiophene rings is 1. The van der Waals surface area contributed by atoms with Crippen LogP contribution in [-0.2, 0) is 0 Å². The van der Waals surface area contributed by atoms with E-state index >= 15 is 0 Å². The lowest BCUT2D eigenvalue weighted by Crippen LogP contribution is -2.17. The van der Waals surface area contributed by atoms with Crippen molar-refractivity contribution < 1.29 is 9.72 Å². The van der Waals surface area contributed by atoms with Crippen molar-refractivity contribution in [2.24, 2.45) is 5.10 Å². The Morgan fingerprint density at radius 1 is 1.10 bits per heavy atom. The Hall–Kier alpha value is -4.18. The fraction of sp³-hybridized carbons (Fsp3) is 0.0476. The molecule has 0 spiro atoms. The second-order valence-electron chi connectivity index (χ2n) is 6.41. The number of anilines is 1. The van der Waals surface area contributed by atoms with E-state index in [1.165, 1.54) is 18.3 Å². The Kier molecular flexibility index (Phi) is 5.63. The number of aromatic nitrogens is 2. The minimum absolute atomic E-state index is 0.00904. The van der Waals surface area contributed by atoms with Crippen LogP contribution in [0.25, 0.3) is 21.6 Å². The molecule has 0 bridgehead atoms. The molecule has 0 unspecified atom stereocenters. The van der Waals surface area contributed by atoms with E-state index < -0.39 is 4.92 Å². The van der Waals surface area contributed by atoms with E-state index in [9.17, 15) is 14.9 Å². The molecule has 10 heteroatoms. The van der Waals surface area contributed by atoms with Gasteiger partial charge in [0.15, 0.2) is 5.82 Å². The topological polar surface area (TPSA) is 122 Å². The fourth-order valence-corrected chi connectivity index (χ4v) is 3.67. The SMILES string of the molecule is CNc1nc(-c2ccc(C(=O)NN=Cc3ccc([N+](=O)[O-])cc3)cc2)nc2ccsc12. The zero-order chi connectivity index (χ0) is 21.8. The summed E-state index contributed by atoms with van der Waals surface area (Å²) in [6, 6.07) is 14.7. The van der Waals surface area contributed by atoms with Gasteiger partial charge in [0.25, 0.3) is 11.6 Å². The average Bonchev–Trinajstić information content (AvgIpc) is 3.27. The maximum atomic E-state index is 12.3. The lowest BCUT2D eigenvalue weighted by Gasteiger charge is -2.06. The Labute approximate surface area is 180 Å². The minimum atomic E-state index is -0.477. The molecule has 4 aromatic rings. The van der Waals surface area contributed by atoms with Gasteiger partial charge < -0.3 is 5.32 Å². The summed E-state index contributed by atoms with van der Waals surface area (Å²) < 4.78 is 0.994. The number of hydrogen-bond donors (Lipinski definition) is 2. The molecule has 0 aliphatic carbocycles. The third-order valence-electron chi connectivity index (χ3n) is 4.43. The molecule has 2 aromatic heterocycles. The van der Waals surface area contributed by atoms with Crippen LogP contribution >= 0.6 is 11.3 Å². The molecule has 2 aromatic carbocycles. The van der Waals surface area contributed by atoms with Crippen molar-refractivity contribution in [2.75, 3.05) is 12.4 Å². The summed E-state index contributed by atoms with van der Waals surface area (Å²) in [6.45, 7) is 0. The van der Waals surface area contributed by atoms with Gasteiger partial charge in [-0.1, -0.05) is 12.1 Å². The largest absolute Gasteiger partial charge is 0.372 e. The van der Waals surface area contributed by atoms with Crippen LogP contribution in [0, 0.1) is 10.1 Å². The molecule has 154 valence electrons. The lowest BCUT2D eigenvalue weighted by atomic mass is 10.1. The summed E-state index contributed by atoms with van der Waals surface area (Å²) in [5.41, 5.74) is 5.13. The van der Waals surface area contributed by atoms with E-state index in [0.717, 1.165) is 21.6 Å². The number of nitrogens with zero attached hydrogens (tertiary/aromatic N) is 4. The van der Waals surface area contributed by atoms with Crippen LogP contribution in [0.1, 0.15) is 15.9 Å². The smallest absolute Gasteiger partial charge is 0.271 e. The summed E-state index contributed by atoms with van der Waals surface area (Å²) in [5, 5.41) is 19.6. The lowest BCUT2D eigenvalue weighted by molar-refractivity contribution is -0.384. The molecule has 0 fully saturated rings. The van der Waals surface area contributed by atoms with E-state index in [-0.39, 0.29) is 11.6 Å². The van der Waals surface area contributed by atoms with Crippen LogP contribution in [-0.4, -0.2) is 34.1 Å². The third kappa shape index (κ3) is 4.38. The maximum Gasteiger partial charge on any atom is 0.271 e. The van der Waals surface area contributed by atoms with Crippen LogP contribution < -0.4 is 10.7 Å². The van der Waals surface area contributed by atoms with Crippen molar-refractivity contribution in [3.63, 3.8) is 0 Å². The number of nitro benzene ring substituents is 1. The number of non-ortho nitro benzene ring substituents is 1. The number of carbonyl (C=O) groups excluding carboxylic acids is 1. The van der Waals surface area contributed by atoms with E-state index in [4.69, 9.17) is 0 Å². The minimum Gasteiger partial charge on any atom is -0.372 e. The summed E-state index contributed by atoms with van der Waals surface area (Å²) in [5.74, 6) is 0.950. The number of nitrogens with one attached hydrogen (secondary N) is 2. The molecule has 1 amide bonds. The first-order chi connectivity index (χ1) is 15.0. The zero-order valence-corrected chi connectivity index (χ0v) is 17.1. The van der Waals surface area contributed by atoms with Gasteiger partial charge >= 0.3 is 0 Å². The molecule has 0 aliphatic rings. The molecule has 2 N–H and O–H groups in total. The maximum absolute atomic E-state index is 12.3. The monoisotopic (exact) mass is 432 g/mol. The van der Waals surface area contributed by atoms with Crippen LogP contribution in [0.2, 0.25) is 0 Å². The molecule has 0 atom stereocenters. The normalized spacial score (nSPS) is 11.0. The fourth-order valence-electron chi connectivity index (χ4n) is 2.84. The van der Waals surface area contributed by atoms with Gasteiger partial charge in [-0.2, -0.15) is 5.10 Å². The number of amides is 1. The Bertz CT molecular complexity index is 1280. The Balaban J connectivity index is 1.45. The molecular weight excluding hydrogens is 416 g/mol. The quantitative estimate of drug-likeness (QED) is 0.269. The molecule has 0 saturated carbocycles. The Morgan fingerprint density at radius 2 is 1.84 bits per heavy atom. The molecule has 4 rings (SSSR count). The first-order valence-corrected chi connectivity index (χ1v) is 10.0. The number of nitro groups is 1. The Morgan fingerprint density at radius 3 is 2.52 bits per heavy atom. The second kappa shape index (κ2) is 8.67. The van der Waals surface area contributed by atoms with Gasteiger partial charge in [0.1, 0.15) is 5.82 Å². The molecular formula is C21H16N6O3S. The van der Waals surface area contributed by atoms with E-state index in [2.05, 4.69) is 25.8 Å². The van der Waals surface area contributed by atoms with Crippen molar-refractivity contribution in [3.05, 3.63) is 81.2 Å². The number of fused-ring (bicyclic) bond motifs is 1. The number of hydrogen-bond acceptors (Lipinski definition) is 8. The van der Waals surface area contributed by atoms with Crippen LogP contribution in [0.15, 0.2) is 65.1 Å². The molecule has 0 saturated heterocycles. The number of rotatable bonds is 6. The summed E-state index contributed by atoms with van der Waals surface area (Å²) in [7, 11) is 1.82. The highest BCUT2D eigenvalue weighted by molar-refractivity contribution is 7.17. The van der Waals surface area contributed by atoms with E-state index in [1.807, 2.05) is 18.5 Å². The summed E-state index contributed by atoms with van der Waals surface area (Å²) in [4.78, 5) is 31.6. The molecule has 2 heterocycles. The van der Waals surface area contributed by atoms with Crippen molar-refractivity contribution in [1.29, 1.82) is 0 Å². The predicted octanol–water partition coefficient (Wildman–Crippen LogP) is 4.07. The zero-order valence-electron chi connectivity index (χ0n) is 16.3. The predicted molar refractivity (Wildman–Crippen MR) is 121 cm³/mol. The van der Waals surface area contributed by atoms with Gasteiger partial charge in [0.05, 0.1) is 21.4 Å². The van der Waals surface area contributed by atoms with E-state index in [1.54, 1.807) is 47.7 Å². The van der Waals surface area contributed by atoms with Gasteiger partial charge in [0.2, 0.25) is 0 Å². The first-order valence-electron chi connectivity index (χ1n) is 9.16. The van der Waals surface area contributed by atoms with Gasteiger partial charge in [-0.25, -0.2) is 15.4 Å². The molecule has 0 radical (unpaired) electrons. The van der Waals surface area contributed by atoms with Crippen LogP contribution in [0.5, 0.6) is 0 Å². The van der Waals surface area contributed by atoms with Gasteiger partial charge in [0, 0.05) is 30.3 Å². The average molecular weight is 432 g/mol. The highest BCUT2D eigenvalue weighted by atomic mass is 32.1. The van der Waals surface area contributed by atoms with Gasteiger partial charge in [-0.15, -0.1) is 11.3 Å². The van der Waals surface area contributed by atoms with Crippen molar-refractivity contribution in [2.45, 2.75) is 0 Å². The third-order valence-corrected chi connectivity index (χ3v) is 5.34. The number of hydrazone groups is 1. The summed E-state index contributed by atoms with van der Waals surface area (Å²) >= 11 is 1.57.